The fourth-order valence-electron chi connectivity index (χ4n) is 1.40. The summed E-state index contributed by atoms with van der Waals surface area (Å²) in [5, 5.41) is 17.6. The number of rotatable bonds is 4. The van der Waals surface area contributed by atoms with E-state index in [0.717, 1.165) is 6.26 Å². The van der Waals surface area contributed by atoms with Crippen LogP contribution in [-0.4, -0.2) is 11.1 Å². The molecule has 90 valence electrons. The third kappa shape index (κ3) is 2.50. The molecule has 0 unspecified atom stereocenters. The van der Waals surface area contributed by atoms with Gasteiger partial charge in [0.1, 0.15) is 30.4 Å². The van der Waals surface area contributed by atoms with Crippen molar-refractivity contribution in [3.8, 4) is 11.8 Å². The molecule has 1 aromatic heterocycles. The first-order valence-corrected chi connectivity index (χ1v) is 5.13. The van der Waals surface area contributed by atoms with Gasteiger partial charge in [0.15, 0.2) is 0 Å². The molecule has 1 heterocycles. The van der Waals surface area contributed by atoms with Crippen molar-refractivity contribution in [1.82, 2.24) is 0 Å². The zero-order valence-corrected chi connectivity index (χ0v) is 9.29. The highest BCUT2D eigenvalue weighted by atomic mass is 16.5. The number of carboxylic acid groups (broad SMARTS) is 1. The van der Waals surface area contributed by atoms with Gasteiger partial charge in [0.25, 0.3) is 0 Å². The van der Waals surface area contributed by atoms with Gasteiger partial charge < -0.3 is 14.3 Å². The number of para-hydroxylation sites is 1. The van der Waals surface area contributed by atoms with Crippen LogP contribution in [0, 0.1) is 11.3 Å². The van der Waals surface area contributed by atoms with Crippen LogP contribution >= 0.6 is 0 Å². The summed E-state index contributed by atoms with van der Waals surface area (Å²) in [7, 11) is 0. The van der Waals surface area contributed by atoms with Crippen LogP contribution in [0.1, 0.15) is 21.7 Å². The van der Waals surface area contributed by atoms with Crippen LogP contribution in [0.5, 0.6) is 5.75 Å². The van der Waals surface area contributed by atoms with Crippen LogP contribution in [-0.2, 0) is 6.61 Å². The number of aromatic carboxylic acids is 1. The van der Waals surface area contributed by atoms with Crippen molar-refractivity contribution in [3.05, 3.63) is 53.5 Å². The summed E-state index contributed by atoms with van der Waals surface area (Å²) < 4.78 is 10.4. The average Bonchev–Trinajstić information content (AvgIpc) is 2.85. The Morgan fingerprint density at radius 1 is 1.44 bits per heavy atom. The number of nitrogens with zero attached hydrogens (tertiary/aromatic N) is 1. The van der Waals surface area contributed by atoms with E-state index in [4.69, 9.17) is 19.5 Å². The first-order chi connectivity index (χ1) is 8.70. The van der Waals surface area contributed by atoms with Crippen molar-refractivity contribution in [2.24, 2.45) is 0 Å². The van der Waals surface area contributed by atoms with Crippen LogP contribution < -0.4 is 4.74 Å². The standard InChI is InChI=1S/C13H9NO4/c14-6-9-3-1-2-4-12(9)18-8-11-5-10(7-17-11)13(15)16/h1-5,7H,8H2,(H,15,16). The number of furan rings is 1. The minimum Gasteiger partial charge on any atom is -0.484 e. The van der Waals surface area contributed by atoms with Gasteiger partial charge in [0.05, 0.1) is 11.1 Å². The minimum absolute atomic E-state index is 0.0715. The normalized spacial score (nSPS) is 9.72. The predicted octanol–water partition coefficient (Wildman–Crippen LogP) is 2.43. The zero-order chi connectivity index (χ0) is 13.0. The van der Waals surface area contributed by atoms with Crippen LogP contribution in [0.3, 0.4) is 0 Å². The monoisotopic (exact) mass is 243 g/mol. The first-order valence-electron chi connectivity index (χ1n) is 5.13. The van der Waals surface area contributed by atoms with Crippen LogP contribution in [0.2, 0.25) is 0 Å². The molecule has 0 radical (unpaired) electrons. The molecule has 0 fully saturated rings. The quantitative estimate of drug-likeness (QED) is 0.891. The Kier molecular flexibility index (Phi) is 3.30. The Hall–Kier alpha value is -2.74. The maximum absolute atomic E-state index is 10.6. The predicted molar refractivity (Wildman–Crippen MR) is 61.2 cm³/mol. The maximum Gasteiger partial charge on any atom is 0.338 e. The van der Waals surface area contributed by atoms with E-state index in [1.807, 2.05) is 6.07 Å². The minimum atomic E-state index is -1.05. The van der Waals surface area contributed by atoms with Gasteiger partial charge in [-0.25, -0.2) is 4.79 Å². The molecular formula is C13H9NO4. The van der Waals surface area contributed by atoms with E-state index in [2.05, 4.69) is 0 Å². The third-order valence-electron chi connectivity index (χ3n) is 2.28. The largest absolute Gasteiger partial charge is 0.484 e. The fourth-order valence-corrected chi connectivity index (χ4v) is 1.40. The average molecular weight is 243 g/mol. The Morgan fingerprint density at radius 2 is 2.22 bits per heavy atom. The van der Waals surface area contributed by atoms with Gasteiger partial charge in [-0.15, -0.1) is 0 Å². The summed E-state index contributed by atoms with van der Waals surface area (Å²) >= 11 is 0. The van der Waals surface area contributed by atoms with E-state index in [1.165, 1.54) is 6.07 Å². The first kappa shape index (κ1) is 11.7. The molecule has 0 aliphatic rings. The van der Waals surface area contributed by atoms with E-state index >= 15 is 0 Å². The van der Waals surface area contributed by atoms with Gasteiger partial charge in [-0.3, -0.25) is 0 Å². The Balaban J connectivity index is 2.07. The van der Waals surface area contributed by atoms with E-state index in [0.29, 0.717) is 17.1 Å². The fraction of sp³-hybridized carbons (Fsp3) is 0.0769. The van der Waals surface area contributed by atoms with Crippen molar-refractivity contribution < 1.29 is 19.1 Å². The molecule has 5 nitrogen and oxygen atoms in total. The molecule has 0 atom stereocenters. The molecule has 18 heavy (non-hydrogen) atoms. The van der Waals surface area contributed by atoms with E-state index < -0.39 is 5.97 Å². The molecule has 5 heteroatoms. The zero-order valence-electron chi connectivity index (χ0n) is 9.29. The van der Waals surface area contributed by atoms with Crippen molar-refractivity contribution in [2.75, 3.05) is 0 Å². The van der Waals surface area contributed by atoms with Crippen molar-refractivity contribution in [2.45, 2.75) is 6.61 Å². The molecule has 0 saturated heterocycles. The van der Waals surface area contributed by atoms with Crippen molar-refractivity contribution >= 4 is 5.97 Å². The second-order valence-electron chi connectivity index (χ2n) is 3.50. The van der Waals surface area contributed by atoms with Gasteiger partial charge >= 0.3 is 5.97 Å². The number of benzene rings is 1. The Morgan fingerprint density at radius 3 is 2.89 bits per heavy atom. The molecule has 0 saturated carbocycles. The summed E-state index contributed by atoms with van der Waals surface area (Å²) in [6.07, 6.45) is 1.15. The lowest BCUT2D eigenvalue weighted by molar-refractivity contribution is 0.0696. The number of nitriles is 1. The van der Waals surface area contributed by atoms with Crippen molar-refractivity contribution in [3.63, 3.8) is 0 Å². The molecule has 2 rings (SSSR count). The summed E-state index contributed by atoms with van der Waals surface area (Å²) in [6, 6.07) is 10.2. The smallest absolute Gasteiger partial charge is 0.338 e. The molecule has 1 aromatic carbocycles. The van der Waals surface area contributed by atoms with Gasteiger partial charge in [-0.1, -0.05) is 12.1 Å². The number of hydrogen-bond donors (Lipinski definition) is 1. The topological polar surface area (TPSA) is 83.5 Å². The molecule has 0 spiro atoms. The number of carboxylic acids is 1. The van der Waals surface area contributed by atoms with E-state index in [1.54, 1.807) is 24.3 Å². The number of ether oxygens (including phenoxy) is 1. The lowest BCUT2D eigenvalue weighted by Gasteiger charge is -2.04. The second kappa shape index (κ2) is 5.06. The summed E-state index contributed by atoms with van der Waals surface area (Å²) in [5.74, 6) is -0.226. The SMILES string of the molecule is N#Cc1ccccc1OCc1cc(C(=O)O)co1. The van der Waals surface area contributed by atoms with Crippen molar-refractivity contribution in [1.29, 1.82) is 5.26 Å². The molecule has 0 aliphatic carbocycles. The summed E-state index contributed by atoms with van der Waals surface area (Å²) in [6.45, 7) is 0.0754. The lowest BCUT2D eigenvalue weighted by atomic mass is 10.2. The number of carbonyl (C=O) groups is 1. The van der Waals surface area contributed by atoms with Gasteiger partial charge in [0, 0.05) is 0 Å². The van der Waals surface area contributed by atoms with E-state index in [-0.39, 0.29) is 12.2 Å². The summed E-state index contributed by atoms with van der Waals surface area (Å²) in [4.78, 5) is 10.6. The Bertz CT molecular complexity index is 609. The molecule has 1 N–H and O–H groups in total. The highest BCUT2D eigenvalue weighted by Gasteiger charge is 2.09. The molecular weight excluding hydrogens is 234 g/mol. The second-order valence-corrected chi connectivity index (χ2v) is 3.50. The van der Waals surface area contributed by atoms with E-state index in [9.17, 15) is 4.79 Å². The van der Waals surface area contributed by atoms with Gasteiger partial charge in [0.2, 0.25) is 0 Å². The highest BCUT2D eigenvalue weighted by Crippen LogP contribution is 2.18. The maximum atomic E-state index is 10.6. The summed E-state index contributed by atoms with van der Waals surface area (Å²) in [5.41, 5.74) is 0.490. The van der Waals surface area contributed by atoms with Gasteiger partial charge in [-0.2, -0.15) is 5.26 Å². The third-order valence-corrected chi connectivity index (χ3v) is 2.28. The van der Waals surface area contributed by atoms with Crippen LogP contribution in [0.4, 0.5) is 0 Å². The van der Waals surface area contributed by atoms with Gasteiger partial charge in [-0.05, 0) is 18.2 Å². The lowest BCUT2D eigenvalue weighted by Crippen LogP contribution is -1.96. The molecule has 0 amide bonds. The molecule has 0 aliphatic heterocycles. The Labute approximate surface area is 103 Å². The van der Waals surface area contributed by atoms with Crippen LogP contribution in [0.15, 0.2) is 41.0 Å². The highest BCUT2D eigenvalue weighted by molar-refractivity contribution is 5.87. The molecule has 0 bridgehead atoms. The number of hydrogen-bond acceptors (Lipinski definition) is 4. The molecule has 2 aromatic rings. The van der Waals surface area contributed by atoms with Crippen LogP contribution in [0.25, 0.3) is 0 Å².